The number of thioether (sulfide) groups is 1. The number of benzene rings is 1. The number of carbonyl (C=O) groups is 1. The monoisotopic (exact) mass is 270 g/mol. The molecule has 1 fully saturated rings. The van der Waals surface area contributed by atoms with Crippen LogP contribution in [0.25, 0.3) is 0 Å². The third kappa shape index (κ3) is 3.57. The van der Waals surface area contributed by atoms with Gasteiger partial charge in [0.15, 0.2) is 5.17 Å². The standard InChI is InChI=1S/C10H10N2O3S2/c13-9-6-16-10(11-9)12-17(14,15)7-8-4-2-1-3-5-8/h1-5H,6-7H2,(H,11,12,13). The quantitative estimate of drug-likeness (QED) is 0.878. The van der Waals surface area contributed by atoms with Gasteiger partial charge < -0.3 is 5.32 Å². The summed E-state index contributed by atoms with van der Waals surface area (Å²) in [5.74, 6) is -0.156. The topological polar surface area (TPSA) is 75.6 Å². The van der Waals surface area contributed by atoms with Gasteiger partial charge in [-0.1, -0.05) is 42.1 Å². The summed E-state index contributed by atoms with van der Waals surface area (Å²) in [5, 5.41) is 2.55. The molecule has 17 heavy (non-hydrogen) atoms. The minimum atomic E-state index is -3.59. The van der Waals surface area contributed by atoms with Gasteiger partial charge in [-0.15, -0.1) is 4.40 Å². The summed E-state index contributed by atoms with van der Waals surface area (Å²) in [6, 6.07) is 8.79. The largest absolute Gasteiger partial charge is 0.304 e. The molecule has 90 valence electrons. The SMILES string of the molecule is O=C1CSC(=NS(=O)(=O)Cc2ccccc2)N1. The molecule has 1 amide bonds. The van der Waals surface area contributed by atoms with E-state index in [0.717, 1.165) is 11.8 Å². The molecular weight excluding hydrogens is 260 g/mol. The van der Waals surface area contributed by atoms with E-state index in [1.807, 2.05) is 6.07 Å². The Morgan fingerprint density at radius 2 is 2.00 bits per heavy atom. The predicted octanol–water partition coefficient (Wildman–Crippen LogP) is 0.735. The molecule has 0 saturated carbocycles. The summed E-state index contributed by atoms with van der Waals surface area (Å²) in [4.78, 5) is 10.9. The van der Waals surface area contributed by atoms with Crippen molar-refractivity contribution in [2.75, 3.05) is 5.75 Å². The first-order chi connectivity index (χ1) is 8.05. The van der Waals surface area contributed by atoms with Crippen molar-refractivity contribution in [3.05, 3.63) is 35.9 Å². The molecule has 1 aliphatic heterocycles. The summed E-state index contributed by atoms with van der Waals surface area (Å²) >= 11 is 1.10. The van der Waals surface area contributed by atoms with Crippen LogP contribution >= 0.6 is 11.8 Å². The zero-order chi connectivity index (χ0) is 12.3. The van der Waals surface area contributed by atoms with E-state index in [4.69, 9.17) is 0 Å². The number of amides is 1. The fraction of sp³-hybridized carbons (Fsp3) is 0.200. The number of amidine groups is 1. The van der Waals surface area contributed by atoms with Gasteiger partial charge in [0, 0.05) is 0 Å². The third-order valence-corrected chi connectivity index (χ3v) is 4.15. The second kappa shape index (κ2) is 4.89. The molecule has 0 radical (unpaired) electrons. The number of rotatable bonds is 3. The van der Waals surface area contributed by atoms with Crippen molar-refractivity contribution < 1.29 is 13.2 Å². The number of hydrogen-bond acceptors (Lipinski definition) is 4. The highest BCUT2D eigenvalue weighted by atomic mass is 32.2. The van der Waals surface area contributed by atoms with E-state index in [9.17, 15) is 13.2 Å². The maximum Gasteiger partial charge on any atom is 0.259 e. The smallest absolute Gasteiger partial charge is 0.259 e. The summed E-state index contributed by atoms with van der Waals surface area (Å²) in [5.41, 5.74) is 0.672. The predicted molar refractivity (Wildman–Crippen MR) is 67.1 cm³/mol. The van der Waals surface area contributed by atoms with Crippen molar-refractivity contribution in [3.63, 3.8) is 0 Å². The fourth-order valence-electron chi connectivity index (χ4n) is 1.32. The van der Waals surface area contributed by atoms with Gasteiger partial charge in [-0.25, -0.2) is 8.42 Å². The van der Waals surface area contributed by atoms with Crippen molar-refractivity contribution in [1.82, 2.24) is 5.32 Å². The van der Waals surface area contributed by atoms with Gasteiger partial charge in [0.1, 0.15) is 0 Å². The Labute approximate surface area is 103 Å². The van der Waals surface area contributed by atoms with Crippen LogP contribution in [0.2, 0.25) is 0 Å². The fourth-order valence-corrected chi connectivity index (χ4v) is 3.37. The number of sulfonamides is 1. The maximum absolute atomic E-state index is 11.7. The van der Waals surface area contributed by atoms with E-state index in [2.05, 4.69) is 9.71 Å². The first kappa shape index (κ1) is 12.1. The minimum absolute atomic E-state index is 0.158. The van der Waals surface area contributed by atoms with Gasteiger partial charge in [0.2, 0.25) is 5.91 Å². The molecule has 1 saturated heterocycles. The lowest BCUT2D eigenvalue weighted by Gasteiger charge is -2.00. The Morgan fingerprint density at radius 1 is 1.29 bits per heavy atom. The van der Waals surface area contributed by atoms with Crippen molar-refractivity contribution >= 4 is 32.9 Å². The number of hydrogen-bond donors (Lipinski definition) is 1. The van der Waals surface area contributed by atoms with Gasteiger partial charge in [0.25, 0.3) is 10.0 Å². The lowest BCUT2D eigenvalue weighted by molar-refractivity contribution is -0.116. The second-order valence-electron chi connectivity index (χ2n) is 3.45. The van der Waals surface area contributed by atoms with Crippen LogP contribution in [0.4, 0.5) is 0 Å². The van der Waals surface area contributed by atoms with Crippen LogP contribution in [-0.2, 0) is 20.6 Å². The van der Waals surface area contributed by atoms with E-state index in [1.165, 1.54) is 0 Å². The van der Waals surface area contributed by atoms with E-state index in [-0.39, 0.29) is 22.6 Å². The summed E-state index contributed by atoms with van der Waals surface area (Å²) in [6.07, 6.45) is 0. The molecule has 7 heteroatoms. The summed E-state index contributed by atoms with van der Waals surface area (Å²) in [6.45, 7) is 0. The first-order valence-electron chi connectivity index (χ1n) is 4.84. The lowest BCUT2D eigenvalue weighted by atomic mass is 10.2. The van der Waals surface area contributed by atoms with E-state index < -0.39 is 10.0 Å². The molecule has 0 aliphatic carbocycles. The molecule has 1 aliphatic rings. The molecule has 5 nitrogen and oxygen atoms in total. The Bertz CT molecular complexity index is 552. The van der Waals surface area contributed by atoms with Crippen molar-refractivity contribution in [3.8, 4) is 0 Å². The Hall–Kier alpha value is -1.34. The van der Waals surface area contributed by atoms with Gasteiger partial charge in [-0.05, 0) is 5.56 Å². The van der Waals surface area contributed by atoms with Crippen LogP contribution < -0.4 is 5.32 Å². The molecule has 0 bridgehead atoms. The van der Waals surface area contributed by atoms with Crippen molar-refractivity contribution in [2.24, 2.45) is 4.40 Å². The molecule has 1 aromatic rings. The average Bonchev–Trinajstić information content (AvgIpc) is 2.63. The number of nitrogens with one attached hydrogen (secondary N) is 1. The highest BCUT2D eigenvalue weighted by Gasteiger charge is 2.20. The van der Waals surface area contributed by atoms with Crippen LogP contribution in [0.1, 0.15) is 5.56 Å². The van der Waals surface area contributed by atoms with Crippen molar-refractivity contribution in [2.45, 2.75) is 5.75 Å². The van der Waals surface area contributed by atoms with E-state index >= 15 is 0 Å². The van der Waals surface area contributed by atoms with E-state index in [1.54, 1.807) is 24.3 Å². The van der Waals surface area contributed by atoms with Gasteiger partial charge in [0.05, 0.1) is 11.5 Å². The highest BCUT2D eigenvalue weighted by molar-refractivity contribution is 8.15. The Morgan fingerprint density at radius 3 is 2.59 bits per heavy atom. The molecule has 1 heterocycles. The third-order valence-electron chi connectivity index (χ3n) is 2.00. The molecule has 1 N–H and O–H groups in total. The minimum Gasteiger partial charge on any atom is -0.304 e. The second-order valence-corrected chi connectivity index (χ2v) is 6.04. The first-order valence-corrected chi connectivity index (χ1v) is 7.44. The van der Waals surface area contributed by atoms with Crippen LogP contribution in [0, 0.1) is 0 Å². The van der Waals surface area contributed by atoms with Crippen LogP contribution in [0.5, 0.6) is 0 Å². The molecule has 2 rings (SSSR count). The summed E-state index contributed by atoms with van der Waals surface area (Å²) < 4.78 is 27.0. The molecule has 0 unspecified atom stereocenters. The maximum atomic E-state index is 11.7. The average molecular weight is 270 g/mol. The Balaban J connectivity index is 2.13. The zero-order valence-corrected chi connectivity index (χ0v) is 10.4. The molecule has 0 atom stereocenters. The van der Waals surface area contributed by atoms with Crippen molar-refractivity contribution in [1.29, 1.82) is 0 Å². The number of carbonyl (C=O) groups excluding carboxylic acids is 1. The summed E-state index contributed by atoms with van der Waals surface area (Å²) in [7, 11) is -3.59. The zero-order valence-electron chi connectivity index (χ0n) is 8.79. The van der Waals surface area contributed by atoms with Crippen LogP contribution in [-0.4, -0.2) is 25.2 Å². The Kier molecular flexibility index (Phi) is 3.49. The van der Waals surface area contributed by atoms with Gasteiger partial charge in [-0.2, -0.15) is 0 Å². The molecule has 0 aromatic heterocycles. The lowest BCUT2D eigenvalue weighted by Crippen LogP contribution is -2.21. The van der Waals surface area contributed by atoms with Gasteiger partial charge in [-0.3, -0.25) is 4.79 Å². The van der Waals surface area contributed by atoms with E-state index in [0.29, 0.717) is 5.56 Å². The van der Waals surface area contributed by atoms with Crippen LogP contribution in [0.15, 0.2) is 34.7 Å². The van der Waals surface area contributed by atoms with Gasteiger partial charge >= 0.3 is 0 Å². The molecule has 1 aromatic carbocycles. The molecular formula is C10H10N2O3S2. The normalized spacial score (nSPS) is 18.4. The highest BCUT2D eigenvalue weighted by Crippen LogP contribution is 2.13. The molecule has 0 spiro atoms. The number of nitrogens with zero attached hydrogens (tertiary/aromatic N) is 1. The van der Waals surface area contributed by atoms with Crippen LogP contribution in [0.3, 0.4) is 0 Å².